The Labute approximate surface area is 61.2 Å². The largest absolute Gasteiger partial charge is 0.315 e. The zero-order chi connectivity index (χ0) is 7.23. The van der Waals surface area contributed by atoms with Gasteiger partial charge in [0.25, 0.3) is 0 Å². The van der Waals surface area contributed by atoms with Gasteiger partial charge in [-0.15, -0.1) is 0 Å². The number of hydrogen-bond donors (Lipinski definition) is 2. The fourth-order valence-electron chi connectivity index (χ4n) is 1.20. The van der Waals surface area contributed by atoms with E-state index < -0.39 is 0 Å². The summed E-state index contributed by atoms with van der Waals surface area (Å²) in [7, 11) is 0. The van der Waals surface area contributed by atoms with Gasteiger partial charge in [-0.2, -0.15) is 0 Å². The molecule has 1 fully saturated rings. The molecule has 1 heterocycles. The first kappa shape index (κ1) is 7.95. The Bertz CT molecular complexity index is 81.7. The predicted octanol–water partition coefficient (Wildman–Crippen LogP) is 0.297. The van der Waals surface area contributed by atoms with Crippen LogP contribution >= 0.6 is 0 Å². The summed E-state index contributed by atoms with van der Waals surface area (Å²) in [6, 6.07) is 0.589. The van der Waals surface area contributed by atoms with E-state index in [4.69, 9.17) is 0 Å². The van der Waals surface area contributed by atoms with Gasteiger partial charge >= 0.3 is 0 Å². The van der Waals surface area contributed by atoms with Gasteiger partial charge < -0.3 is 10.6 Å². The van der Waals surface area contributed by atoms with Crippen molar-refractivity contribution in [2.75, 3.05) is 26.3 Å². The van der Waals surface area contributed by atoms with Crippen LogP contribution in [-0.2, 0) is 0 Å². The molecule has 0 radical (unpaired) electrons. The molecule has 1 atom stereocenters. The topological polar surface area (TPSA) is 24.1 Å². The van der Waals surface area contributed by atoms with Gasteiger partial charge in [0.15, 0.2) is 0 Å². The van der Waals surface area contributed by atoms with Crippen molar-refractivity contribution in [3.8, 4) is 0 Å². The normalized spacial score (nSPS) is 25.5. The van der Waals surface area contributed by atoms with Crippen LogP contribution in [0.1, 0.15) is 12.8 Å². The standard InChI is InChI=1S/C7H15FN2/c8-3-1-4-10-7-2-5-9-6-7/h7,9-10H,1-6H2. The van der Waals surface area contributed by atoms with Crippen molar-refractivity contribution in [2.24, 2.45) is 0 Å². The van der Waals surface area contributed by atoms with E-state index in [2.05, 4.69) is 10.6 Å². The second-order valence-corrected chi connectivity index (χ2v) is 2.69. The average Bonchev–Trinajstić information content (AvgIpc) is 2.41. The molecule has 2 nitrogen and oxygen atoms in total. The molecule has 0 saturated carbocycles. The van der Waals surface area contributed by atoms with Crippen LogP contribution in [0.15, 0.2) is 0 Å². The van der Waals surface area contributed by atoms with Crippen molar-refractivity contribution in [2.45, 2.75) is 18.9 Å². The third-order valence-corrected chi connectivity index (χ3v) is 1.80. The summed E-state index contributed by atoms with van der Waals surface area (Å²) in [6.45, 7) is 2.77. The number of halogens is 1. The molecule has 0 bridgehead atoms. The Morgan fingerprint density at radius 1 is 1.60 bits per heavy atom. The summed E-state index contributed by atoms with van der Waals surface area (Å²) in [5.74, 6) is 0. The van der Waals surface area contributed by atoms with Crippen LogP contribution in [-0.4, -0.2) is 32.4 Å². The van der Waals surface area contributed by atoms with Crippen LogP contribution in [0.25, 0.3) is 0 Å². The number of nitrogens with one attached hydrogen (secondary N) is 2. The molecular weight excluding hydrogens is 131 g/mol. The molecule has 2 N–H and O–H groups in total. The summed E-state index contributed by atoms with van der Waals surface area (Å²) >= 11 is 0. The summed E-state index contributed by atoms with van der Waals surface area (Å²) in [5, 5.41) is 6.52. The minimum Gasteiger partial charge on any atom is -0.315 e. The van der Waals surface area contributed by atoms with Crippen molar-refractivity contribution in [1.29, 1.82) is 0 Å². The van der Waals surface area contributed by atoms with Crippen LogP contribution in [0.4, 0.5) is 4.39 Å². The lowest BCUT2D eigenvalue weighted by Gasteiger charge is -2.08. The predicted molar refractivity (Wildman–Crippen MR) is 39.9 cm³/mol. The Kier molecular flexibility index (Phi) is 3.68. The van der Waals surface area contributed by atoms with Gasteiger partial charge in [-0.3, -0.25) is 4.39 Å². The maximum atomic E-state index is 11.6. The van der Waals surface area contributed by atoms with E-state index in [1.807, 2.05) is 0 Å². The molecule has 0 aromatic carbocycles. The number of hydrogen-bond acceptors (Lipinski definition) is 2. The molecule has 0 aromatic heterocycles. The van der Waals surface area contributed by atoms with Gasteiger partial charge in [0.2, 0.25) is 0 Å². The molecule has 0 aliphatic carbocycles. The minimum absolute atomic E-state index is 0.201. The van der Waals surface area contributed by atoms with Gasteiger partial charge in [-0.05, 0) is 25.9 Å². The van der Waals surface area contributed by atoms with Crippen molar-refractivity contribution < 1.29 is 4.39 Å². The lowest BCUT2D eigenvalue weighted by Crippen LogP contribution is -2.31. The molecule has 1 unspecified atom stereocenters. The SMILES string of the molecule is FCCCNC1CCNC1. The van der Waals surface area contributed by atoms with Crippen molar-refractivity contribution >= 4 is 0 Å². The number of alkyl halides is 1. The van der Waals surface area contributed by atoms with Crippen LogP contribution < -0.4 is 10.6 Å². The minimum atomic E-state index is -0.201. The lowest BCUT2D eigenvalue weighted by molar-refractivity contribution is 0.442. The quantitative estimate of drug-likeness (QED) is 0.557. The second kappa shape index (κ2) is 4.63. The molecule has 0 spiro atoms. The highest BCUT2D eigenvalue weighted by Gasteiger charge is 2.11. The Balaban J connectivity index is 1.91. The molecule has 1 saturated heterocycles. The molecule has 1 aliphatic rings. The summed E-state index contributed by atoms with van der Waals surface area (Å²) in [5.41, 5.74) is 0. The van der Waals surface area contributed by atoms with Crippen LogP contribution in [0, 0.1) is 0 Å². The molecule has 60 valence electrons. The van der Waals surface area contributed by atoms with E-state index in [1.165, 1.54) is 6.42 Å². The van der Waals surface area contributed by atoms with Gasteiger partial charge in [0, 0.05) is 12.6 Å². The fraction of sp³-hybridized carbons (Fsp3) is 1.00. The molecule has 0 amide bonds. The maximum absolute atomic E-state index is 11.6. The lowest BCUT2D eigenvalue weighted by atomic mass is 10.2. The third-order valence-electron chi connectivity index (χ3n) is 1.80. The van der Waals surface area contributed by atoms with E-state index in [-0.39, 0.29) is 6.67 Å². The Morgan fingerprint density at radius 3 is 3.10 bits per heavy atom. The molecule has 0 aromatic rings. The zero-order valence-electron chi connectivity index (χ0n) is 6.20. The fourth-order valence-corrected chi connectivity index (χ4v) is 1.20. The molecule has 1 rings (SSSR count). The molecule has 3 heteroatoms. The van der Waals surface area contributed by atoms with Crippen molar-refractivity contribution in [1.82, 2.24) is 10.6 Å². The second-order valence-electron chi connectivity index (χ2n) is 2.69. The summed E-state index contributed by atoms with van der Waals surface area (Å²) in [4.78, 5) is 0. The maximum Gasteiger partial charge on any atom is 0.0906 e. The van der Waals surface area contributed by atoms with Crippen molar-refractivity contribution in [3.05, 3.63) is 0 Å². The van der Waals surface area contributed by atoms with E-state index in [1.54, 1.807) is 0 Å². The van der Waals surface area contributed by atoms with E-state index >= 15 is 0 Å². The highest BCUT2D eigenvalue weighted by atomic mass is 19.1. The Hall–Kier alpha value is -0.150. The first-order valence-electron chi connectivity index (χ1n) is 3.93. The van der Waals surface area contributed by atoms with E-state index in [9.17, 15) is 4.39 Å². The number of rotatable bonds is 4. The van der Waals surface area contributed by atoms with E-state index in [0.29, 0.717) is 12.5 Å². The van der Waals surface area contributed by atoms with Crippen molar-refractivity contribution in [3.63, 3.8) is 0 Å². The highest BCUT2D eigenvalue weighted by molar-refractivity contribution is 4.76. The zero-order valence-corrected chi connectivity index (χ0v) is 6.20. The smallest absolute Gasteiger partial charge is 0.0906 e. The highest BCUT2D eigenvalue weighted by Crippen LogP contribution is 1.96. The first-order chi connectivity index (χ1) is 4.93. The van der Waals surface area contributed by atoms with Crippen LogP contribution in [0.2, 0.25) is 0 Å². The molecular formula is C7H15FN2. The Morgan fingerprint density at radius 2 is 2.50 bits per heavy atom. The van der Waals surface area contributed by atoms with Gasteiger partial charge in [-0.1, -0.05) is 0 Å². The molecule has 1 aliphatic heterocycles. The van der Waals surface area contributed by atoms with Gasteiger partial charge in [0.05, 0.1) is 6.67 Å². The third kappa shape index (κ3) is 2.62. The first-order valence-corrected chi connectivity index (χ1v) is 3.93. The van der Waals surface area contributed by atoms with Gasteiger partial charge in [0.1, 0.15) is 0 Å². The average molecular weight is 146 g/mol. The van der Waals surface area contributed by atoms with Gasteiger partial charge in [-0.25, -0.2) is 0 Å². The summed E-state index contributed by atoms with van der Waals surface area (Å²) < 4.78 is 11.6. The van der Waals surface area contributed by atoms with E-state index in [0.717, 1.165) is 19.6 Å². The monoisotopic (exact) mass is 146 g/mol. The summed E-state index contributed by atoms with van der Waals surface area (Å²) in [6.07, 6.45) is 1.84. The van der Waals surface area contributed by atoms with Crippen LogP contribution in [0.5, 0.6) is 0 Å². The molecule has 10 heavy (non-hydrogen) atoms. The van der Waals surface area contributed by atoms with Crippen LogP contribution in [0.3, 0.4) is 0 Å².